The Morgan fingerprint density at radius 3 is 2.56 bits per heavy atom. The van der Waals surface area contributed by atoms with Crippen molar-refractivity contribution in [3.63, 3.8) is 0 Å². The number of ether oxygens (including phenoxy) is 2. The van der Waals surface area contributed by atoms with Crippen LogP contribution in [0, 0.1) is 0 Å². The number of nitrogens with one attached hydrogen (secondary N) is 1. The van der Waals surface area contributed by atoms with Crippen LogP contribution in [0.3, 0.4) is 0 Å². The van der Waals surface area contributed by atoms with Gasteiger partial charge in [-0.2, -0.15) is 0 Å². The number of likely N-dealkylation sites (N-methyl/N-ethyl adjacent to an activating group) is 1. The van der Waals surface area contributed by atoms with E-state index in [1.165, 1.54) is 0 Å². The molecule has 0 aliphatic carbocycles. The smallest absolute Gasteiger partial charge is 0.185 e. The average molecular weight is 251 g/mol. The first-order chi connectivity index (χ1) is 8.53. The van der Waals surface area contributed by atoms with Gasteiger partial charge < -0.3 is 14.8 Å². The molecule has 0 unspecified atom stereocenters. The summed E-state index contributed by atoms with van der Waals surface area (Å²) >= 11 is 0. The molecule has 0 heterocycles. The van der Waals surface area contributed by atoms with Crippen LogP contribution in [-0.4, -0.2) is 38.7 Å². The zero-order chi connectivity index (χ0) is 13.6. The Hall–Kier alpha value is -1.39. The normalized spacial score (nSPS) is 11.3. The highest BCUT2D eigenvalue weighted by Crippen LogP contribution is 2.22. The van der Waals surface area contributed by atoms with Crippen LogP contribution in [0.15, 0.2) is 24.3 Å². The molecule has 0 amide bonds. The molecule has 0 bridgehead atoms. The molecular formula is C14H21NO3. The Bertz CT molecular complexity index is 402. The van der Waals surface area contributed by atoms with E-state index >= 15 is 0 Å². The number of methoxy groups -OCH3 is 1. The van der Waals surface area contributed by atoms with E-state index in [2.05, 4.69) is 5.32 Å². The first-order valence-electron chi connectivity index (χ1n) is 5.97. The maximum absolute atomic E-state index is 12.4. The summed E-state index contributed by atoms with van der Waals surface area (Å²) < 4.78 is 10.5. The Balaban J connectivity index is 2.91. The fourth-order valence-corrected chi connectivity index (χ4v) is 1.47. The van der Waals surface area contributed by atoms with Crippen molar-refractivity contribution >= 4 is 5.78 Å². The summed E-state index contributed by atoms with van der Waals surface area (Å²) in [5, 5.41) is 3.00. The number of para-hydroxylation sites is 1. The first-order valence-corrected chi connectivity index (χ1v) is 5.97. The van der Waals surface area contributed by atoms with Crippen molar-refractivity contribution in [1.29, 1.82) is 0 Å². The van der Waals surface area contributed by atoms with Crippen molar-refractivity contribution in [2.75, 3.05) is 27.4 Å². The SMILES string of the molecule is CNC(C)(C)C(=O)c1ccccc1OCCOC. The van der Waals surface area contributed by atoms with Crippen LogP contribution in [0.2, 0.25) is 0 Å². The molecule has 0 aliphatic rings. The first kappa shape index (κ1) is 14.7. The van der Waals surface area contributed by atoms with Crippen LogP contribution in [0.1, 0.15) is 24.2 Å². The highest BCUT2D eigenvalue weighted by atomic mass is 16.5. The van der Waals surface area contributed by atoms with Gasteiger partial charge in [0.1, 0.15) is 12.4 Å². The highest BCUT2D eigenvalue weighted by molar-refractivity contribution is 6.04. The van der Waals surface area contributed by atoms with Crippen molar-refractivity contribution in [1.82, 2.24) is 5.32 Å². The molecule has 0 atom stereocenters. The van der Waals surface area contributed by atoms with Gasteiger partial charge in [-0.15, -0.1) is 0 Å². The third-order valence-electron chi connectivity index (χ3n) is 2.87. The number of carbonyl (C=O) groups excluding carboxylic acids is 1. The molecule has 100 valence electrons. The lowest BCUT2D eigenvalue weighted by Crippen LogP contribution is -2.44. The van der Waals surface area contributed by atoms with Crippen LogP contribution in [0.4, 0.5) is 0 Å². The molecule has 0 aromatic heterocycles. The van der Waals surface area contributed by atoms with Gasteiger partial charge in [-0.05, 0) is 33.0 Å². The quantitative estimate of drug-likeness (QED) is 0.594. The third kappa shape index (κ3) is 3.55. The summed E-state index contributed by atoms with van der Waals surface area (Å²) in [5.41, 5.74) is -0.0197. The number of rotatable bonds is 7. The summed E-state index contributed by atoms with van der Waals surface area (Å²) in [6.45, 7) is 4.63. The average Bonchev–Trinajstić information content (AvgIpc) is 2.39. The zero-order valence-electron chi connectivity index (χ0n) is 11.4. The third-order valence-corrected chi connectivity index (χ3v) is 2.87. The summed E-state index contributed by atoms with van der Waals surface area (Å²) in [6, 6.07) is 7.27. The van der Waals surface area contributed by atoms with Gasteiger partial charge in [0.25, 0.3) is 0 Å². The van der Waals surface area contributed by atoms with Gasteiger partial charge in [0.05, 0.1) is 17.7 Å². The highest BCUT2D eigenvalue weighted by Gasteiger charge is 2.28. The summed E-state index contributed by atoms with van der Waals surface area (Å²) in [6.07, 6.45) is 0. The Labute approximate surface area is 108 Å². The molecular weight excluding hydrogens is 230 g/mol. The molecule has 1 N–H and O–H groups in total. The minimum absolute atomic E-state index is 0.0121. The van der Waals surface area contributed by atoms with Gasteiger partial charge >= 0.3 is 0 Å². The standard InChI is InChI=1S/C14H21NO3/c1-14(2,15-3)13(16)11-7-5-6-8-12(11)18-10-9-17-4/h5-8,15H,9-10H2,1-4H3. The maximum atomic E-state index is 12.4. The molecule has 0 radical (unpaired) electrons. The fourth-order valence-electron chi connectivity index (χ4n) is 1.47. The minimum Gasteiger partial charge on any atom is -0.490 e. The van der Waals surface area contributed by atoms with Gasteiger partial charge in [-0.3, -0.25) is 4.79 Å². The molecule has 0 fully saturated rings. The molecule has 18 heavy (non-hydrogen) atoms. The van der Waals surface area contributed by atoms with E-state index in [1.54, 1.807) is 26.3 Å². The molecule has 0 saturated carbocycles. The van der Waals surface area contributed by atoms with Crippen LogP contribution in [0.5, 0.6) is 5.75 Å². The number of benzene rings is 1. The van der Waals surface area contributed by atoms with Crippen LogP contribution in [0.25, 0.3) is 0 Å². The summed E-state index contributed by atoms with van der Waals surface area (Å²) in [7, 11) is 3.39. The van der Waals surface area contributed by atoms with Gasteiger partial charge in [0.2, 0.25) is 0 Å². The van der Waals surface area contributed by atoms with Gasteiger partial charge in [-0.25, -0.2) is 0 Å². The fraction of sp³-hybridized carbons (Fsp3) is 0.500. The van der Waals surface area contributed by atoms with Gasteiger partial charge in [-0.1, -0.05) is 12.1 Å². The maximum Gasteiger partial charge on any atom is 0.185 e. The van der Waals surface area contributed by atoms with Gasteiger partial charge in [0.15, 0.2) is 5.78 Å². The van der Waals surface area contributed by atoms with E-state index < -0.39 is 5.54 Å². The number of carbonyl (C=O) groups is 1. The van der Waals surface area contributed by atoms with Crippen molar-refractivity contribution in [3.8, 4) is 5.75 Å². The predicted octanol–water partition coefficient (Wildman–Crippen LogP) is 1.89. The predicted molar refractivity (Wildman–Crippen MR) is 71.3 cm³/mol. The van der Waals surface area contributed by atoms with E-state index in [0.29, 0.717) is 24.5 Å². The zero-order valence-corrected chi connectivity index (χ0v) is 11.4. The number of Topliss-reactive ketones (excluding diaryl/α,β-unsaturated/α-hetero) is 1. The molecule has 0 spiro atoms. The lowest BCUT2D eigenvalue weighted by atomic mass is 9.93. The number of hydrogen-bond donors (Lipinski definition) is 1. The van der Waals surface area contributed by atoms with Crippen molar-refractivity contribution < 1.29 is 14.3 Å². The van der Waals surface area contributed by atoms with E-state index in [0.717, 1.165) is 0 Å². The lowest BCUT2D eigenvalue weighted by molar-refractivity contribution is 0.0882. The Morgan fingerprint density at radius 2 is 1.94 bits per heavy atom. The van der Waals surface area contributed by atoms with Crippen molar-refractivity contribution in [2.45, 2.75) is 19.4 Å². The topological polar surface area (TPSA) is 47.6 Å². The number of hydrogen-bond acceptors (Lipinski definition) is 4. The van der Waals surface area contributed by atoms with Crippen molar-refractivity contribution in [3.05, 3.63) is 29.8 Å². The second-order valence-electron chi connectivity index (χ2n) is 4.54. The summed E-state index contributed by atoms with van der Waals surface area (Å²) in [4.78, 5) is 12.4. The van der Waals surface area contributed by atoms with E-state index in [1.807, 2.05) is 26.0 Å². The molecule has 0 saturated heterocycles. The molecule has 4 heteroatoms. The van der Waals surface area contributed by atoms with Crippen LogP contribution >= 0.6 is 0 Å². The Kier molecular flexibility index (Phi) is 5.31. The van der Waals surface area contributed by atoms with Crippen molar-refractivity contribution in [2.24, 2.45) is 0 Å². The van der Waals surface area contributed by atoms with Gasteiger partial charge in [0, 0.05) is 7.11 Å². The minimum atomic E-state index is -0.610. The largest absolute Gasteiger partial charge is 0.490 e. The molecule has 0 aliphatic heterocycles. The van der Waals surface area contributed by atoms with Crippen LogP contribution in [-0.2, 0) is 4.74 Å². The Morgan fingerprint density at radius 1 is 1.28 bits per heavy atom. The molecule has 1 aromatic rings. The second-order valence-corrected chi connectivity index (χ2v) is 4.54. The second kappa shape index (κ2) is 6.52. The van der Waals surface area contributed by atoms with E-state index in [-0.39, 0.29) is 5.78 Å². The lowest BCUT2D eigenvalue weighted by Gasteiger charge is -2.23. The molecule has 4 nitrogen and oxygen atoms in total. The monoisotopic (exact) mass is 251 g/mol. The van der Waals surface area contributed by atoms with Crippen LogP contribution < -0.4 is 10.1 Å². The van der Waals surface area contributed by atoms with E-state index in [4.69, 9.17) is 9.47 Å². The molecule has 1 rings (SSSR count). The number of ketones is 1. The van der Waals surface area contributed by atoms with E-state index in [9.17, 15) is 4.79 Å². The summed E-state index contributed by atoms with van der Waals surface area (Å²) in [5.74, 6) is 0.612. The molecule has 1 aromatic carbocycles.